The monoisotopic (exact) mass is 159 g/mol. The summed E-state index contributed by atoms with van der Waals surface area (Å²) in [7, 11) is 0. The molecule has 0 bridgehead atoms. The van der Waals surface area contributed by atoms with E-state index in [0.29, 0.717) is 0 Å². The van der Waals surface area contributed by atoms with Gasteiger partial charge in [-0.25, -0.2) is 0 Å². The molecule has 0 aromatic rings. The second kappa shape index (κ2) is 3.52. The molecule has 11 heavy (non-hydrogen) atoms. The summed E-state index contributed by atoms with van der Waals surface area (Å²) in [5, 5.41) is 18.1. The van der Waals surface area contributed by atoms with Crippen LogP contribution < -0.4 is 0 Å². The molecule has 1 fully saturated rings. The van der Waals surface area contributed by atoms with E-state index in [0.717, 1.165) is 19.0 Å². The molecule has 66 valence electrons. The van der Waals surface area contributed by atoms with E-state index in [9.17, 15) is 5.11 Å². The van der Waals surface area contributed by atoms with E-state index in [1.54, 1.807) is 6.92 Å². The largest absolute Gasteiger partial charge is 0.395 e. The van der Waals surface area contributed by atoms with Crippen LogP contribution in [-0.4, -0.2) is 47.0 Å². The van der Waals surface area contributed by atoms with E-state index in [4.69, 9.17) is 5.11 Å². The van der Waals surface area contributed by atoms with Crippen molar-refractivity contribution in [1.82, 2.24) is 4.90 Å². The summed E-state index contributed by atoms with van der Waals surface area (Å²) in [6.07, 6.45) is -0.424. The van der Waals surface area contributed by atoms with E-state index in [1.807, 2.05) is 0 Å². The standard InChI is InChI=1S/C8H17NO2/c1-6-3-9(4-6)8(5-10)7(2)11/h6-8,10-11H,3-5H2,1-2H3/t7-,8-/m1/s1. The summed E-state index contributed by atoms with van der Waals surface area (Å²) in [6.45, 7) is 5.98. The van der Waals surface area contributed by atoms with Gasteiger partial charge in [0.25, 0.3) is 0 Å². The van der Waals surface area contributed by atoms with E-state index in [2.05, 4.69) is 11.8 Å². The Morgan fingerprint density at radius 2 is 2.09 bits per heavy atom. The van der Waals surface area contributed by atoms with Gasteiger partial charge in [-0.05, 0) is 12.8 Å². The Hall–Kier alpha value is -0.120. The molecule has 2 atom stereocenters. The normalized spacial score (nSPS) is 26.2. The highest BCUT2D eigenvalue weighted by Gasteiger charge is 2.31. The average Bonchev–Trinajstić information content (AvgIpc) is 1.85. The minimum atomic E-state index is -0.424. The molecule has 0 aromatic heterocycles. The van der Waals surface area contributed by atoms with Crippen LogP contribution in [0, 0.1) is 5.92 Å². The molecule has 1 rings (SSSR count). The molecule has 3 heteroatoms. The van der Waals surface area contributed by atoms with Gasteiger partial charge < -0.3 is 10.2 Å². The number of hydrogen-bond acceptors (Lipinski definition) is 3. The van der Waals surface area contributed by atoms with Gasteiger partial charge in [0.05, 0.1) is 18.8 Å². The Balaban J connectivity index is 2.32. The summed E-state index contributed by atoms with van der Waals surface area (Å²) in [4.78, 5) is 2.12. The van der Waals surface area contributed by atoms with Gasteiger partial charge in [-0.3, -0.25) is 4.90 Å². The molecule has 1 aliphatic heterocycles. The van der Waals surface area contributed by atoms with E-state index in [-0.39, 0.29) is 12.6 Å². The van der Waals surface area contributed by atoms with Crippen LogP contribution in [0.1, 0.15) is 13.8 Å². The Bertz CT molecular complexity index is 121. The first-order chi connectivity index (χ1) is 5.15. The molecule has 1 saturated heterocycles. The molecule has 1 aliphatic rings. The van der Waals surface area contributed by atoms with Gasteiger partial charge in [0, 0.05) is 13.1 Å². The zero-order chi connectivity index (χ0) is 8.43. The lowest BCUT2D eigenvalue weighted by Gasteiger charge is -2.43. The molecule has 0 aliphatic carbocycles. The number of aliphatic hydroxyl groups is 2. The minimum Gasteiger partial charge on any atom is -0.395 e. The Morgan fingerprint density at radius 3 is 2.36 bits per heavy atom. The third kappa shape index (κ3) is 1.92. The van der Waals surface area contributed by atoms with Gasteiger partial charge in [-0.15, -0.1) is 0 Å². The summed E-state index contributed by atoms with van der Waals surface area (Å²) in [6, 6.07) is -0.0498. The third-order valence-corrected chi connectivity index (χ3v) is 2.31. The highest BCUT2D eigenvalue weighted by Crippen LogP contribution is 2.18. The maximum atomic E-state index is 9.23. The summed E-state index contributed by atoms with van der Waals surface area (Å²) >= 11 is 0. The van der Waals surface area contributed by atoms with Crippen molar-refractivity contribution in [2.24, 2.45) is 5.92 Å². The summed E-state index contributed by atoms with van der Waals surface area (Å²) in [5.41, 5.74) is 0. The van der Waals surface area contributed by atoms with Crippen molar-refractivity contribution in [2.75, 3.05) is 19.7 Å². The molecule has 0 saturated carbocycles. The highest BCUT2D eigenvalue weighted by molar-refractivity contribution is 4.85. The van der Waals surface area contributed by atoms with Crippen LogP contribution in [0.3, 0.4) is 0 Å². The SMILES string of the molecule is CC1CN([C@H](CO)[C@@H](C)O)C1. The van der Waals surface area contributed by atoms with Crippen LogP contribution >= 0.6 is 0 Å². The number of nitrogens with zero attached hydrogens (tertiary/aromatic N) is 1. The van der Waals surface area contributed by atoms with Gasteiger partial charge in [0.2, 0.25) is 0 Å². The van der Waals surface area contributed by atoms with Crippen LogP contribution in [-0.2, 0) is 0 Å². The van der Waals surface area contributed by atoms with Gasteiger partial charge in [-0.2, -0.15) is 0 Å². The first-order valence-electron chi connectivity index (χ1n) is 4.18. The van der Waals surface area contributed by atoms with Gasteiger partial charge >= 0.3 is 0 Å². The number of aliphatic hydroxyl groups excluding tert-OH is 2. The maximum Gasteiger partial charge on any atom is 0.0689 e. The molecule has 0 spiro atoms. The zero-order valence-electron chi connectivity index (χ0n) is 7.20. The van der Waals surface area contributed by atoms with E-state index < -0.39 is 6.10 Å². The van der Waals surface area contributed by atoms with Crippen molar-refractivity contribution in [1.29, 1.82) is 0 Å². The smallest absolute Gasteiger partial charge is 0.0689 e. The molecule has 2 N–H and O–H groups in total. The molecule has 1 heterocycles. The predicted octanol–water partition coefficient (Wildman–Crippen LogP) is -0.320. The average molecular weight is 159 g/mol. The highest BCUT2D eigenvalue weighted by atomic mass is 16.3. The second-order valence-electron chi connectivity index (χ2n) is 3.55. The summed E-state index contributed by atoms with van der Waals surface area (Å²) in [5.74, 6) is 0.725. The van der Waals surface area contributed by atoms with Crippen molar-refractivity contribution in [3.8, 4) is 0 Å². The van der Waals surface area contributed by atoms with Crippen molar-refractivity contribution in [3.05, 3.63) is 0 Å². The Kier molecular flexibility index (Phi) is 2.87. The van der Waals surface area contributed by atoms with Gasteiger partial charge in [0.15, 0.2) is 0 Å². The van der Waals surface area contributed by atoms with Crippen molar-refractivity contribution in [3.63, 3.8) is 0 Å². The fourth-order valence-corrected chi connectivity index (χ4v) is 1.59. The van der Waals surface area contributed by atoms with Crippen LogP contribution in [0.15, 0.2) is 0 Å². The van der Waals surface area contributed by atoms with Gasteiger partial charge in [0.1, 0.15) is 0 Å². The molecule has 0 amide bonds. The molecular formula is C8H17NO2. The molecule has 3 nitrogen and oxygen atoms in total. The van der Waals surface area contributed by atoms with E-state index >= 15 is 0 Å². The Morgan fingerprint density at radius 1 is 1.55 bits per heavy atom. The molecule has 0 radical (unpaired) electrons. The van der Waals surface area contributed by atoms with Crippen molar-refractivity contribution in [2.45, 2.75) is 26.0 Å². The number of hydrogen-bond donors (Lipinski definition) is 2. The topological polar surface area (TPSA) is 43.7 Å². The fourth-order valence-electron chi connectivity index (χ4n) is 1.59. The first-order valence-corrected chi connectivity index (χ1v) is 4.18. The lowest BCUT2D eigenvalue weighted by atomic mass is 9.98. The lowest BCUT2D eigenvalue weighted by Crippen LogP contribution is -2.56. The quantitative estimate of drug-likeness (QED) is 0.593. The van der Waals surface area contributed by atoms with Crippen molar-refractivity contribution >= 4 is 0 Å². The van der Waals surface area contributed by atoms with Gasteiger partial charge in [-0.1, -0.05) is 6.92 Å². The number of likely N-dealkylation sites (tertiary alicyclic amines) is 1. The van der Waals surface area contributed by atoms with Crippen LogP contribution in [0.4, 0.5) is 0 Å². The lowest BCUT2D eigenvalue weighted by molar-refractivity contribution is -0.0285. The second-order valence-corrected chi connectivity index (χ2v) is 3.55. The van der Waals surface area contributed by atoms with Crippen LogP contribution in [0.2, 0.25) is 0 Å². The molecular weight excluding hydrogens is 142 g/mol. The molecule has 0 unspecified atom stereocenters. The third-order valence-electron chi connectivity index (χ3n) is 2.31. The summed E-state index contributed by atoms with van der Waals surface area (Å²) < 4.78 is 0. The van der Waals surface area contributed by atoms with Crippen LogP contribution in [0.5, 0.6) is 0 Å². The minimum absolute atomic E-state index is 0.0498. The maximum absolute atomic E-state index is 9.23. The fraction of sp³-hybridized carbons (Fsp3) is 1.00. The van der Waals surface area contributed by atoms with E-state index in [1.165, 1.54) is 0 Å². The Labute approximate surface area is 67.6 Å². The predicted molar refractivity (Wildman–Crippen MR) is 43.3 cm³/mol. The zero-order valence-corrected chi connectivity index (χ0v) is 7.20. The van der Waals surface area contributed by atoms with Crippen LogP contribution in [0.25, 0.3) is 0 Å². The number of rotatable bonds is 3. The van der Waals surface area contributed by atoms with Crippen molar-refractivity contribution < 1.29 is 10.2 Å². The first kappa shape index (κ1) is 8.97. The molecule has 0 aromatic carbocycles.